The van der Waals surface area contributed by atoms with E-state index in [1.807, 2.05) is 0 Å². The monoisotopic (exact) mass is 146 g/mol. The summed E-state index contributed by atoms with van der Waals surface area (Å²) in [6.45, 7) is 4.54. The van der Waals surface area contributed by atoms with Gasteiger partial charge in [-0.3, -0.25) is 0 Å². The van der Waals surface area contributed by atoms with Crippen LogP contribution in [0.5, 0.6) is 0 Å². The summed E-state index contributed by atoms with van der Waals surface area (Å²) in [5.74, 6) is 1.73. The second-order valence-corrected chi connectivity index (χ2v) is 4.04. The summed E-state index contributed by atoms with van der Waals surface area (Å²) in [5, 5.41) is 0.531. The molecule has 1 fully saturated rings. The third-order valence-corrected chi connectivity index (χ3v) is 2.49. The molecule has 0 aliphatic heterocycles. The molecule has 1 aliphatic carbocycles. The van der Waals surface area contributed by atoms with Crippen LogP contribution in [0.15, 0.2) is 0 Å². The molecule has 0 aromatic rings. The van der Waals surface area contributed by atoms with Gasteiger partial charge in [-0.1, -0.05) is 20.3 Å². The maximum atomic E-state index is 5.84. The lowest BCUT2D eigenvalue weighted by molar-refractivity contribution is 0.528. The van der Waals surface area contributed by atoms with Gasteiger partial charge in [0.2, 0.25) is 0 Å². The van der Waals surface area contributed by atoms with Gasteiger partial charge < -0.3 is 0 Å². The van der Waals surface area contributed by atoms with Crippen LogP contribution < -0.4 is 0 Å². The fraction of sp³-hybridized carbons (Fsp3) is 1.00. The van der Waals surface area contributed by atoms with Crippen LogP contribution in [-0.4, -0.2) is 5.38 Å². The summed E-state index contributed by atoms with van der Waals surface area (Å²) in [5.41, 5.74) is 0. The quantitative estimate of drug-likeness (QED) is 0.537. The van der Waals surface area contributed by atoms with E-state index in [4.69, 9.17) is 11.6 Å². The second kappa shape index (κ2) is 2.92. The molecule has 54 valence electrons. The Morgan fingerprint density at radius 1 is 1.56 bits per heavy atom. The van der Waals surface area contributed by atoms with Crippen LogP contribution in [0.4, 0.5) is 0 Å². The molecule has 0 radical (unpaired) electrons. The zero-order valence-electron chi connectivity index (χ0n) is 6.23. The Kier molecular flexibility index (Phi) is 2.40. The smallest absolute Gasteiger partial charge is 0.0367 e. The first-order valence-electron chi connectivity index (χ1n) is 3.84. The first kappa shape index (κ1) is 7.40. The van der Waals surface area contributed by atoms with Gasteiger partial charge in [0.05, 0.1) is 0 Å². The van der Waals surface area contributed by atoms with E-state index < -0.39 is 0 Å². The molecular weight excluding hydrogens is 132 g/mol. The van der Waals surface area contributed by atoms with Crippen molar-refractivity contribution in [2.75, 3.05) is 0 Å². The molecule has 0 N–H and O–H groups in total. The minimum Gasteiger partial charge on any atom is -0.123 e. The maximum Gasteiger partial charge on any atom is 0.0367 e. The van der Waals surface area contributed by atoms with E-state index in [2.05, 4.69) is 13.8 Å². The molecule has 1 heteroatoms. The molecule has 1 saturated carbocycles. The fourth-order valence-corrected chi connectivity index (χ4v) is 1.41. The van der Waals surface area contributed by atoms with Crippen molar-refractivity contribution in [2.24, 2.45) is 11.8 Å². The third kappa shape index (κ3) is 2.57. The SMILES string of the molecule is CC(C)CCC1CC1Cl. The van der Waals surface area contributed by atoms with Crippen molar-refractivity contribution < 1.29 is 0 Å². The molecule has 0 nitrogen and oxygen atoms in total. The summed E-state index contributed by atoms with van der Waals surface area (Å²) in [4.78, 5) is 0. The van der Waals surface area contributed by atoms with Crippen LogP contribution in [-0.2, 0) is 0 Å². The largest absolute Gasteiger partial charge is 0.123 e. The highest BCUT2D eigenvalue weighted by Crippen LogP contribution is 2.40. The van der Waals surface area contributed by atoms with Gasteiger partial charge in [-0.05, 0) is 24.7 Å². The Bertz CT molecular complexity index is 88.6. The summed E-state index contributed by atoms with van der Waals surface area (Å²) in [7, 11) is 0. The lowest BCUT2D eigenvalue weighted by Gasteiger charge is -2.00. The third-order valence-electron chi connectivity index (χ3n) is 1.95. The number of alkyl halides is 1. The zero-order valence-corrected chi connectivity index (χ0v) is 6.99. The Morgan fingerprint density at radius 2 is 2.11 bits per heavy atom. The first-order chi connectivity index (χ1) is 4.20. The molecule has 2 unspecified atom stereocenters. The van der Waals surface area contributed by atoms with Gasteiger partial charge in [0.1, 0.15) is 0 Å². The van der Waals surface area contributed by atoms with Gasteiger partial charge in [0.25, 0.3) is 0 Å². The molecule has 0 spiro atoms. The van der Waals surface area contributed by atoms with Gasteiger partial charge >= 0.3 is 0 Å². The lowest BCUT2D eigenvalue weighted by atomic mass is 10.1. The van der Waals surface area contributed by atoms with E-state index >= 15 is 0 Å². The second-order valence-electron chi connectivity index (χ2n) is 3.48. The van der Waals surface area contributed by atoms with Crippen LogP contribution in [0.25, 0.3) is 0 Å². The van der Waals surface area contributed by atoms with Crippen molar-refractivity contribution in [3.63, 3.8) is 0 Å². The van der Waals surface area contributed by atoms with E-state index in [1.165, 1.54) is 19.3 Å². The minimum atomic E-state index is 0.531. The zero-order chi connectivity index (χ0) is 6.85. The van der Waals surface area contributed by atoms with Gasteiger partial charge in [-0.15, -0.1) is 11.6 Å². The number of hydrogen-bond donors (Lipinski definition) is 0. The van der Waals surface area contributed by atoms with Gasteiger partial charge in [-0.25, -0.2) is 0 Å². The standard InChI is InChI=1S/C8H15Cl/c1-6(2)3-4-7-5-8(7)9/h6-8H,3-5H2,1-2H3. The Hall–Kier alpha value is 0.290. The molecule has 0 bridgehead atoms. The fourth-order valence-electron chi connectivity index (χ4n) is 1.06. The first-order valence-corrected chi connectivity index (χ1v) is 4.28. The van der Waals surface area contributed by atoms with Gasteiger partial charge in [0.15, 0.2) is 0 Å². The molecule has 1 aliphatic rings. The van der Waals surface area contributed by atoms with E-state index in [9.17, 15) is 0 Å². The normalized spacial score (nSPS) is 33.3. The summed E-state index contributed by atoms with van der Waals surface area (Å²) in [6.07, 6.45) is 3.98. The number of rotatable bonds is 3. The molecule has 0 aromatic heterocycles. The predicted molar refractivity (Wildman–Crippen MR) is 41.8 cm³/mol. The van der Waals surface area contributed by atoms with Crippen molar-refractivity contribution in [1.82, 2.24) is 0 Å². The average Bonchev–Trinajstić information content (AvgIpc) is 2.42. The average molecular weight is 147 g/mol. The van der Waals surface area contributed by atoms with Crippen LogP contribution in [0.1, 0.15) is 33.1 Å². The molecular formula is C8H15Cl. The number of halogens is 1. The highest BCUT2D eigenvalue weighted by atomic mass is 35.5. The maximum absolute atomic E-state index is 5.84. The summed E-state index contributed by atoms with van der Waals surface area (Å²) >= 11 is 5.84. The van der Waals surface area contributed by atoms with Crippen molar-refractivity contribution in [3.05, 3.63) is 0 Å². The molecule has 0 saturated heterocycles. The van der Waals surface area contributed by atoms with E-state index in [-0.39, 0.29) is 0 Å². The van der Waals surface area contributed by atoms with Gasteiger partial charge in [0, 0.05) is 5.38 Å². The summed E-state index contributed by atoms with van der Waals surface area (Å²) < 4.78 is 0. The topological polar surface area (TPSA) is 0 Å². The highest BCUT2D eigenvalue weighted by molar-refractivity contribution is 6.22. The van der Waals surface area contributed by atoms with E-state index in [0.717, 1.165) is 11.8 Å². The molecule has 9 heavy (non-hydrogen) atoms. The predicted octanol–water partition coefficient (Wildman–Crippen LogP) is 3.05. The Morgan fingerprint density at radius 3 is 2.44 bits per heavy atom. The van der Waals surface area contributed by atoms with Crippen molar-refractivity contribution in [1.29, 1.82) is 0 Å². The van der Waals surface area contributed by atoms with Crippen molar-refractivity contribution in [2.45, 2.75) is 38.5 Å². The molecule has 0 heterocycles. The minimum absolute atomic E-state index is 0.531. The summed E-state index contributed by atoms with van der Waals surface area (Å²) in [6, 6.07) is 0. The number of hydrogen-bond acceptors (Lipinski definition) is 0. The molecule has 0 aromatic carbocycles. The van der Waals surface area contributed by atoms with Crippen LogP contribution in [0.3, 0.4) is 0 Å². The van der Waals surface area contributed by atoms with Crippen LogP contribution >= 0.6 is 11.6 Å². The van der Waals surface area contributed by atoms with Crippen LogP contribution in [0, 0.1) is 11.8 Å². The van der Waals surface area contributed by atoms with E-state index in [0.29, 0.717) is 5.38 Å². The molecule has 0 amide bonds. The highest BCUT2D eigenvalue weighted by Gasteiger charge is 2.34. The van der Waals surface area contributed by atoms with Crippen LogP contribution in [0.2, 0.25) is 0 Å². The van der Waals surface area contributed by atoms with Gasteiger partial charge in [-0.2, -0.15) is 0 Å². The van der Waals surface area contributed by atoms with E-state index in [1.54, 1.807) is 0 Å². The Labute approximate surface area is 62.6 Å². The van der Waals surface area contributed by atoms with Crippen molar-refractivity contribution in [3.8, 4) is 0 Å². The van der Waals surface area contributed by atoms with Crippen molar-refractivity contribution >= 4 is 11.6 Å². The lowest BCUT2D eigenvalue weighted by Crippen LogP contribution is -1.88. The molecule has 2 atom stereocenters. The Balaban J connectivity index is 1.94. The molecule has 1 rings (SSSR count).